The van der Waals surface area contributed by atoms with Gasteiger partial charge in [-0.05, 0) is 19.7 Å². The molecule has 0 bridgehead atoms. The summed E-state index contributed by atoms with van der Waals surface area (Å²) in [5.74, 6) is 0. The zero-order valence-electron chi connectivity index (χ0n) is 6.70. The molecule has 1 aliphatic heterocycles. The molecule has 0 N–H and O–H groups in total. The molecule has 0 saturated carbocycles. The van der Waals surface area contributed by atoms with Crippen molar-refractivity contribution in [3.8, 4) is 0 Å². The van der Waals surface area contributed by atoms with Crippen LogP contribution in [0.15, 0.2) is 41.3 Å². The maximum absolute atomic E-state index is 3.62. The molecule has 1 aliphatic rings. The molecule has 2 nitrogen and oxygen atoms in total. The van der Waals surface area contributed by atoms with Crippen molar-refractivity contribution in [1.29, 1.82) is 0 Å². The minimum absolute atomic E-state index is 0.925. The van der Waals surface area contributed by atoms with Crippen LogP contribution in [0.25, 0.3) is 0 Å². The highest BCUT2D eigenvalue weighted by Gasteiger charge is 1.95. The molecule has 1 rings (SSSR count). The summed E-state index contributed by atoms with van der Waals surface area (Å²) in [6.45, 7) is 6.37. The van der Waals surface area contributed by atoms with Gasteiger partial charge in [0.15, 0.2) is 0 Å². The Bertz CT molecular complexity index is 224. The van der Waals surface area contributed by atoms with E-state index in [1.807, 2.05) is 17.3 Å². The van der Waals surface area contributed by atoms with Crippen LogP contribution in [0.5, 0.6) is 0 Å². The van der Waals surface area contributed by atoms with Gasteiger partial charge in [0.1, 0.15) is 0 Å². The van der Waals surface area contributed by atoms with Crippen LogP contribution in [-0.4, -0.2) is 18.2 Å². The number of rotatable bonds is 2. The van der Waals surface area contributed by atoms with Gasteiger partial charge in [0, 0.05) is 25.1 Å². The zero-order valence-corrected chi connectivity index (χ0v) is 6.70. The highest BCUT2D eigenvalue weighted by Crippen LogP contribution is 2.05. The van der Waals surface area contributed by atoms with Gasteiger partial charge in [-0.3, -0.25) is 4.99 Å². The Morgan fingerprint density at radius 3 is 3.09 bits per heavy atom. The number of hydrogen-bond acceptors (Lipinski definition) is 2. The second-order valence-electron chi connectivity index (χ2n) is 2.44. The molecule has 0 aliphatic carbocycles. The van der Waals surface area contributed by atoms with Gasteiger partial charge in [0.25, 0.3) is 0 Å². The van der Waals surface area contributed by atoms with Crippen molar-refractivity contribution in [2.75, 3.05) is 6.54 Å². The molecule has 58 valence electrons. The van der Waals surface area contributed by atoms with E-state index in [0.717, 1.165) is 6.54 Å². The van der Waals surface area contributed by atoms with Crippen LogP contribution in [0.2, 0.25) is 0 Å². The topological polar surface area (TPSA) is 15.6 Å². The summed E-state index contributed by atoms with van der Waals surface area (Å²) >= 11 is 0. The van der Waals surface area contributed by atoms with Crippen LogP contribution in [0.4, 0.5) is 0 Å². The Hall–Kier alpha value is -1.31. The van der Waals surface area contributed by atoms with Crippen LogP contribution in [0.3, 0.4) is 0 Å². The van der Waals surface area contributed by atoms with Gasteiger partial charge in [-0.1, -0.05) is 11.6 Å². The van der Waals surface area contributed by atoms with Crippen LogP contribution in [-0.2, 0) is 0 Å². The maximum atomic E-state index is 3.62. The molecule has 0 fully saturated rings. The van der Waals surface area contributed by atoms with E-state index in [2.05, 4.69) is 30.8 Å². The third kappa shape index (κ3) is 2.42. The van der Waals surface area contributed by atoms with Crippen molar-refractivity contribution < 1.29 is 0 Å². The second kappa shape index (κ2) is 3.76. The Labute approximate surface area is 67.2 Å². The molecule has 0 spiro atoms. The average Bonchev–Trinajstić information content (AvgIpc) is 2.04. The fourth-order valence-corrected chi connectivity index (χ4v) is 0.835. The van der Waals surface area contributed by atoms with Crippen LogP contribution >= 0.6 is 0 Å². The third-order valence-electron chi connectivity index (χ3n) is 1.52. The van der Waals surface area contributed by atoms with E-state index in [1.165, 1.54) is 5.57 Å². The van der Waals surface area contributed by atoms with E-state index in [1.54, 1.807) is 6.20 Å². The summed E-state index contributed by atoms with van der Waals surface area (Å²) in [5, 5.41) is 0. The largest absolute Gasteiger partial charge is 0.349 e. The van der Waals surface area contributed by atoms with E-state index in [0.29, 0.717) is 0 Å². The smallest absolute Gasteiger partial charge is 0.0423 e. The first-order valence-electron chi connectivity index (χ1n) is 3.56. The fraction of sp³-hybridized carbons (Fsp3) is 0.222. The summed E-state index contributed by atoms with van der Waals surface area (Å²) in [6, 6.07) is 0. The molecular weight excluding hydrogens is 136 g/mol. The minimum Gasteiger partial charge on any atom is -0.349 e. The van der Waals surface area contributed by atoms with E-state index >= 15 is 0 Å². The first-order chi connectivity index (χ1) is 5.33. The van der Waals surface area contributed by atoms with Crippen LogP contribution in [0.1, 0.15) is 6.92 Å². The normalized spacial score (nSPS) is 17.2. The van der Waals surface area contributed by atoms with Gasteiger partial charge in [0.2, 0.25) is 0 Å². The molecule has 0 atom stereocenters. The van der Waals surface area contributed by atoms with Gasteiger partial charge < -0.3 is 4.90 Å². The first-order valence-corrected chi connectivity index (χ1v) is 3.56. The van der Waals surface area contributed by atoms with Crippen molar-refractivity contribution >= 4 is 6.72 Å². The quantitative estimate of drug-likeness (QED) is 0.546. The number of aliphatic imine (C=N–C) groups is 1. The van der Waals surface area contributed by atoms with E-state index in [4.69, 9.17) is 0 Å². The predicted octanol–water partition coefficient (Wildman–Crippen LogP) is 1.93. The highest BCUT2D eigenvalue weighted by atomic mass is 15.1. The third-order valence-corrected chi connectivity index (χ3v) is 1.52. The molecule has 0 aromatic heterocycles. The molecule has 0 aromatic carbocycles. The summed E-state index contributed by atoms with van der Waals surface area (Å²) in [6.07, 6.45) is 9.83. The lowest BCUT2D eigenvalue weighted by Gasteiger charge is -2.16. The SMILES string of the molecule is C=N/C=C\N1C=CC(C)=CC1. The number of hydrogen-bond donors (Lipinski definition) is 0. The van der Waals surface area contributed by atoms with Crippen molar-refractivity contribution in [1.82, 2.24) is 4.90 Å². The molecule has 11 heavy (non-hydrogen) atoms. The summed E-state index contributed by atoms with van der Waals surface area (Å²) in [7, 11) is 0. The van der Waals surface area contributed by atoms with E-state index < -0.39 is 0 Å². The van der Waals surface area contributed by atoms with Crippen LogP contribution in [0, 0.1) is 0 Å². The Morgan fingerprint density at radius 1 is 1.73 bits per heavy atom. The Balaban J connectivity index is 2.49. The Morgan fingerprint density at radius 2 is 2.55 bits per heavy atom. The first kappa shape index (κ1) is 7.79. The molecule has 0 saturated heterocycles. The maximum Gasteiger partial charge on any atom is 0.0423 e. The van der Waals surface area contributed by atoms with Crippen molar-refractivity contribution in [2.45, 2.75) is 6.92 Å². The monoisotopic (exact) mass is 148 g/mol. The molecular formula is C9H12N2. The minimum atomic E-state index is 0.925. The highest BCUT2D eigenvalue weighted by molar-refractivity contribution is 5.26. The standard InChI is InChI=1S/C9H12N2/c1-9-3-6-11(7-4-9)8-5-10-2/h3-6,8H,2,7H2,1H3/b8-5-. The number of allylic oxidation sites excluding steroid dienone is 2. The van der Waals surface area contributed by atoms with E-state index in [9.17, 15) is 0 Å². The molecule has 0 aromatic rings. The summed E-state index contributed by atoms with van der Waals surface area (Å²) in [4.78, 5) is 5.67. The van der Waals surface area contributed by atoms with E-state index in [-0.39, 0.29) is 0 Å². The van der Waals surface area contributed by atoms with Crippen molar-refractivity contribution in [3.63, 3.8) is 0 Å². The zero-order chi connectivity index (χ0) is 8.10. The number of nitrogens with zero attached hydrogens (tertiary/aromatic N) is 2. The van der Waals surface area contributed by atoms with Crippen molar-refractivity contribution in [3.05, 3.63) is 36.3 Å². The lowest BCUT2D eigenvalue weighted by atomic mass is 10.2. The second-order valence-corrected chi connectivity index (χ2v) is 2.44. The molecule has 2 heteroatoms. The molecule has 1 heterocycles. The van der Waals surface area contributed by atoms with Gasteiger partial charge >= 0.3 is 0 Å². The molecule has 0 amide bonds. The van der Waals surface area contributed by atoms with Crippen molar-refractivity contribution in [2.24, 2.45) is 4.99 Å². The molecule has 0 unspecified atom stereocenters. The fourth-order valence-electron chi connectivity index (χ4n) is 0.835. The van der Waals surface area contributed by atoms with Gasteiger partial charge in [0.05, 0.1) is 0 Å². The van der Waals surface area contributed by atoms with Gasteiger partial charge in [-0.2, -0.15) is 0 Å². The predicted molar refractivity (Wildman–Crippen MR) is 48.3 cm³/mol. The van der Waals surface area contributed by atoms with Gasteiger partial charge in [-0.25, -0.2) is 0 Å². The lowest BCUT2D eigenvalue weighted by Crippen LogP contribution is -2.11. The van der Waals surface area contributed by atoms with Gasteiger partial charge in [-0.15, -0.1) is 0 Å². The lowest BCUT2D eigenvalue weighted by molar-refractivity contribution is 0.556. The summed E-state index contributed by atoms with van der Waals surface area (Å²) < 4.78 is 0. The average molecular weight is 148 g/mol. The Kier molecular flexibility index (Phi) is 2.66. The molecule has 0 radical (unpaired) electrons. The summed E-state index contributed by atoms with van der Waals surface area (Å²) in [5.41, 5.74) is 1.31. The van der Waals surface area contributed by atoms with Crippen LogP contribution < -0.4 is 0 Å².